The number of benzene rings is 1. The minimum absolute atomic E-state index is 1.16. The highest BCUT2D eigenvalue weighted by molar-refractivity contribution is 8.81. The van der Waals surface area contributed by atoms with Gasteiger partial charge in [-0.2, -0.15) is 0 Å². The lowest BCUT2D eigenvalue weighted by Crippen LogP contribution is -1.98. The summed E-state index contributed by atoms with van der Waals surface area (Å²) < 4.78 is 0. The Morgan fingerprint density at radius 1 is 0.618 bits per heavy atom. The molecule has 0 aliphatic rings. The first-order valence-corrected chi connectivity index (χ1v) is 18.5. The number of hydrogen-bond donors (Lipinski definition) is 2. The predicted molar refractivity (Wildman–Crippen MR) is 162 cm³/mol. The third-order valence-electron chi connectivity index (χ3n) is 6.99. The average molecular weight is 527 g/mol. The van der Waals surface area contributed by atoms with Gasteiger partial charge >= 0.3 is 0 Å². The van der Waals surface area contributed by atoms with E-state index in [0.717, 1.165) is 6.42 Å². The van der Waals surface area contributed by atoms with Crippen LogP contribution in [0.3, 0.4) is 0 Å². The maximum Gasteiger partial charge on any atom is 0.150 e. The molecule has 0 aliphatic heterocycles. The Morgan fingerprint density at radius 3 is 1.47 bits per heavy atom. The van der Waals surface area contributed by atoms with Gasteiger partial charge in [0, 0.05) is 4.90 Å². The molecule has 1 N–H and O–H groups in total. The van der Waals surface area contributed by atoms with Gasteiger partial charge in [-0.3, -0.25) is 0 Å². The van der Waals surface area contributed by atoms with E-state index in [1.165, 1.54) is 151 Å². The lowest BCUT2D eigenvalue weighted by Gasteiger charge is -2.15. The molecule has 0 amide bonds. The SMILES string of the molecule is CCCCCCCCCCCCc1cccc(SP(O)S)c1CCCCCCCCCCCC. The Morgan fingerprint density at radius 2 is 1.03 bits per heavy atom. The maximum absolute atomic E-state index is 9.92. The van der Waals surface area contributed by atoms with Gasteiger partial charge in [0.2, 0.25) is 0 Å². The first kappa shape index (κ1) is 32.3. The zero-order valence-electron chi connectivity index (χ0n) is 22.5. The van der Waals surface area contributed by atoms with Crippen molar-refractivity contribution in [1.82, 2.24) is 0 Å². The summed E-state index contributed by atoms with van der Waals surface area (Å²) in [7, 11) is 0. The number of aryl methyl sites for hydroxylation is 1. The fourth-order valence-corrected chi connectivity index (χ4v) is 7.39. The van der Waals surface area contributed by atoms with Gasteiger partial charge in [-0.25, -0.2) is 0 Å². The van der Waals surface area contributed by atoms with Crippen molar-refractivity contribution in [2.24, 2.45) is 0 Å². The third-order valence-corrected chi connectivity index (χ3v) is 9.55. The van der Waals surface area contributed by atoms with E-state index in [1.54, 1.807) is 11.4 Å². The van der Waals surface area contributed by atoms with Crippen LogP contribution in [0.15, 0.2) is 23.1 Å². The smallest absolute Gasteiger partial charge is 0.150 e. The molecule has 0 aromatic heterocycles. The Balaban J connectivity index is 2.33. The van der Waals surface area contributed by atoms with Crippen molar-refractivity contribution in [3.05, 3.63) is 29.3 Å². The summed E-state index contributed by atoms with van der Waals surface area (Å²) in [5.74, 6) is 0. The van der Waals surface area contributed by atoms with Gasteiger partial charge in [0.05, 0.1) is 0 Å². The van der Waals surface area contributed by atoms with Crippen LogP contribution in [0.4, 0.5) is 0 Å². The van der Waals surface area contributed by atoms with Gasteiger partial charge in [0.15, 0.2) is 6.55 Å². The van der Waals surface area contributed by atoms with E-state index in [9.17, 15) is 4.89 Å². The van der Waals surface area contributed by atoms with Crippen LogP contribution in [0.1, 0.15) is 153 Å². The van der Waals surface area contributed by atoms with Crippen LogP contribution in [-0.4, -0.2) is 4.89 Å². The molecule has 1 unspecified atom stereocenters. The van der Waals surface area contributed by atoms with Crippen LogP contribution in [0.5, 0.6) is 0 Å². The second-order valence-electron chi connectivity index (χ2n) is 10.1. The quantitative estimate of drug-likeness (QED) is 0.0793. The lowest BCUT2D eigenvalue weighted by molar-refractivity contribution is 0.552. The summed E-state index contributed by atoms with van der Waals surface area (Å²) in [4.78, 5) is 11.2. The van der Waals surface area contributed by atoms with Gasteiger partial charge < -0.3 is 4.89 Å². The Kier molecular flexibility index (Phi) is 22.5. The molecule has 1 rings (SSSR count). The molecule has 198 valence electrons. The van der Waals surface area contributed by atoms with Crippen molar-refractivity contribution in [2.45, 2.75) is 160 Å². The lowest BCUT2D eigenvalue weighted by atomic mass is 9.96. The predicted octanol–water partition coefficient (Wildman–Crippen LogP) is 11.9. The van der Waals surface area contributed by atoms with Crippen LogP contribution in [0, 0.1) is 0 Å². The van der Waals surface area contributed by atoms with Gasteiger partial charge in [-0.1, -0.05) is 153 Å². The zero-order valence-corrected chi connectivity index (χ0v) is 25.1. The maximum atomic E-state index is 9.92. The summed E-state index contributed by atoms with van der Waals surface area (Å²) in [6.45, 7) is 3.32. The van der Waals surface area contributed by atoms with E-state index in [1.807, 2.05) is 0 Å². The van der Waals surface area contributed by atoms with Crippen LogP contribution < -0.4 is 0 Å². The summed E-state index contributed by atoms with van der Waals surface area (Å²) in [6, 6.07) is 6.71. The van der Waals surface area contributed by atoms with Crippen molar-refractivity contribution >= 4 is 30.2 Å². The van der Waals surface area contributed by atoms with Crippen molar-refractivity contribution in [2.75, 3.05) is 0 Å². The van der Waals surface area contributed by atoms with E-state index in [-0.39, 0.29) is 0 Å². The summed E-state index contributed by atoms with van der Waals surface area (Å²) in [5, 5.41) is 0. The van der Waals surface area contributed by atoms with Gasteiger partial charge in [0.25, 0.3) is 0 Å². The van der Waals surface area contributed by atoms with Crippen molar-refractivity contribution < 1.29 is 4.89 Å². The minimum Gasteiger partial charge on any atom is -0.355 e. The van der Waals surface area contributed by atoms with Crippen LogP contribution in [0.25, 0.3) is 0 Å². The molecular weight excluding hydrogens is 471 g/mol. The molecule has 4 heteroatoms. The van der Waals surface area contributed by atoms with E-state index in [0.29, 0.717) is 0 Å². The molecule has 1 aromatic rings. The first-order valence-electron chi connectivity index (χ1n) is 14.7. The fourth-order valence-electron chi connectivity index (χ4n) is 4.89. The molecule has 0 bridgehead atoms. The normalized spacial score (nSPS) is 12.4. The number of hydrogen-bond acceptors (Lipinski definition) is 3. The van der Waals surface area contributed by atoms with Gasteiger partial charge in [-0.05, 0) is 42.9 Å². The molecule has 0 spiro atoms. The van der Waals surface area contributed by atoms with E-state index >= 15 is 0 Å². The first-order chi connectivity index (χ1) is 16.7. The second-order valence-corrected chi connectivity index (χ2v) is 14.8. The number of rotatable bonds is 24. The summed E-state index contributed by atoms with van der Waals surface area (Å²) in [5.41, 5.74) is 3.02. The minimum atomic E-state index is -1.26. The standard InChI is InChI=1S/C30H55OPS2/c1-3-5-7-9-11-13-15-17-19-21-24-28-25-23-27-30(34-32(31)33)29(28)26-22-20-18-16-14-12-10-8-6-4-2/h23,25,27,31,33H,3-22,24,26H2,1-2H3. The highest BCUT2D eigenvalue weighted by Crippen LogP contribution is 2.55. The van der Waals surface area contributed by atoms with Crippen molar-refractivity contribution in [1.29, 1.82) is 0 Å². The van der Waals surface area contributed by atoms with Gasteiger partial charge in [0.1, 0.15) is 0 Å². The summed E-state index contributed by atoms with van der Waals surface area (Å²) >= 11 is 5.86. The highest BCUT2D eigenvalue weighted by atomic mass is 33.1. The van der Waals surface area contributed by atoms with Crippen LogP contribution in [0.2, 0.25) is 0 Å². The highest BCUT2D eigenvalue weighted by Gasteiger charge is 2.12. The molecule has 0 heterocycles. The van der Waals surface area contributed by atoms with Crippen LogP contribution >= 0.6 is 30.2 Å². The van der Waals surface area contributed by atoms with Crippen molar-refractivity contribution in [3.63, 3.8) is 0 Å². The summed E-state index contributed by atoms with van der Waals surface area (Å²) in [6.07, 6.45) is 30.0. The molecule has 1 nitrogen and oxygen atoms in total. The van der Waals surface area contributed by atoms with E-state index in [2.05, 4.69) is 44.3 Å². The molecule has 0 saturated heterocycles. The zero-order chi connectivity index (χ0) is 24.7. The Hall–Kier alpha value is 0.310. The number of unbranched alkanes of at least 4 members (excludes halogenated alkanes) is 18. The molecule has 0 fully saturated rings. The molecule has 1 atom stereocenters. The Bertz CT molecular complexity index is 579. The molecule has 34 heavy (non-hydrogen) atoms. The monoisotopic (exact) mass is 526 g/mol. The topological polar surface area (TPSA) is 20.2 Å². The molecule has 0 aliphatic carbocycles. The Labute approximate surface area is 223 Å². The van der Waals surface area contributed by atoms with Crippen molar-refractivity contribution in [3.8, 4) is 0 Å². The fraction of sp³-hybridized carbons (Fsp3) is 0.800. The van der Waals surface area contributed by atoms with Crippen LogP contribution in [-0.2, 0) is 12.8 Å². The largest absolute Gasteiger partial charge is 0.355 e. The molecule has 1 aromatic carbocycles. The van der Waals surface area contributed by atoms with E-state index in [4.69, 9.17) is 0 Å². The second kappa shape index (κ2) is 23.7. The molecular formula is C30H55OPS2. The van der Waals surface area contributed by atoms with E-state index < -0.39 is 6.55 Å². The number of thiol groups is 1. The third kappa shape index (κ3) is 17.7. The molecule has 0 radical (unpaired) electrons. The average Bonchev–Trinajstić information content (AvgIpc) is 2.82. The van der Waals surface area contributed by atoms with Gasteiger partial charge in [-0.15, -0.1) is 12.2 Å². The molecule has 0 saturated carbocycles.